The van der Waals surface area contributed by atoms with Crippen molar-refractivity contribution in [2.75, 3.05) is 19.5 Å². The summed E-state index contributed by atoms with van der Waals surface area (Å²) in [7, 11) is 3.08. The monoisotopic (exact) mass is 338 g/mol. The molecule has 1 N–H and O–H groups in total. The minimum Gasteiger partial charge on any atom is -0.497 e. The minimum atomic E-state index is -0.376. The van der Waals surface area contributed by atoms with Gasteiger partial charge in [-0.25, -0.2) is 0 Å². The standard InChI is InChI=1S/C19H18N2O4/c1-24-14-8-9-17(25-2)15(10-14)20-16-11-18(22)21(19(16)23)12-13-6-4-3-5-7-13/h3-11,20H,12H2,1-2H3. The second-order valence-corrected chi connectivity index (χ2v) is 5.46. The Kier molecular flexibility index (Phi) is 4.70. The molecule has 6 heteroatoms. The number of anilines is 1. The van der Waals surface area contributed by atoms with Crippen molar-refractivity contribution in [3.8, 4) is 11.5 Å². The molecule has 2 aromatic carbocycles. The maximum absolute atomic E-state index is 12.6. The van der Waals surface area contributed by atoms with Gasteiger partial charge >= 0.3 is 0 Å². The van der Waals surface area contributed by atoms with Gasteiger partial charge in [0.15, 0.2) is 0 Å². The second-order valence-electron chi connectivity index (χ2n) is 5.46. The van der Waals surface area contributed by atoms with Gasteiger partial charge in [0.1, 0.15) is 17.2 Å². The van der Waals surface area contributed by atoms with E-state index in [0.29, 0.717) is 17.2 Å². The van der Waals surface area contributed by atoms with Gasteiger partial charge in [-0.05, 0) is 17.7 Å². The molecule has 128 valence electrons. The highest BCUT2D eigenvalue weighted by Gasteiger charge is 2.31. The number of carbonyl (C=O) groups is 2. The number of ether oxygens (including phenoxy) is 2. The number of amides is 2. The average Bonchev–Trinajstić information content (AvgIpc) is 2.90. The van der Waals surface area contributed by atoms with Crippen LogP contribution in [0.5, 0.6) is 11.5 Å². The highest BCUT2D eigenvalue weighted by Crippen LogP contribution is 2.31. The third-order valence-corrected chi connectivity index (χ3v) is 3.87. The lowest BCUT2D eigenvalue weighted by Gasteiger charge is -2.16. The van der Waals surface area contributed by atoms with Crippen LogP contribution in [0.2, 0.25) is 0 Å². The van der Waals surface area contributed by atoms with Crippen molar-refractivity contribution in [3.63, 3.8) is 0 Å². The van der Waals surface area contributed by atoms with Crippen LogP contribution in [0.4, 0.5) is 5.69 Å². The van der Waals surface area contributed by atoms with Crippen molar-refractivity contribution < 1.29 is 19.1 Å². The van der Waals surface area contributed by atoms with E-state index in [9.17, 15) is 9.59 Å². The molecule has 0 spiro atoms. The van der Waals surface area contributed by atoms with Gasteiger partial charge in [-0.1, -0.05) is 30.3 Å². The molecular formula is C19H18N2O4. The van der Waals surface area contributed by atoms with Crippen molar-refractivity contribution in [2.24, 2.45) is 0 Å². The summed E-state index contributed by atoms with van der Waals surface area (Å²) >= 11 is 0. The number of nitrogens with zero attached hydrogens (tertiary/aromatic N) is 1. The Bertz CT molecular complexity index is 831. The van der Waals surface area contributed by atoms with Crippen LogP contribution in [0.3, 0.4) is 0 Å². The van der Waals surface area contributed by atoms with Crippen LogP contribution in [-0.4, -0.2) is 30.9 Å². The first kappa shape index (κ1) is 16.6. The van der Waals surface area contributed by atoms with Gasteiger partial charge in [-0.3, -0.25) is 14.5 Å². The molecule has 1 aliphatic heterocycles. The molecule has 1 aliphatic rings. The number of carbonyl (C=O) groups excluding carboxylic acids is 2. The summed E-state index contributed by atoms with van der Waals surface area (Å²) in [6, 6.07) is 14.6. The lowest BCUT2D eigenvalue weighted by atomic mass is 10.2. The van der Waals surface area contributed by atoms with Crippen molar-refractivity contribution in [3.05, 3.63) is 65.9 Å². The number of rotatable bonds is 6. The molecule has 0 aliphatic carbocycles. The molecule has 1 heterocycles. The Hall–Kier alpha value is -3.28. The highest BCUT2D eigenvalue weighted by atomic mass is 16.5. The van der Waals surface area contributed by atoms with Crippen LogP contribution in [0.15, 0.2) is 60.3 Å². The molecule has 6 nitrogen and oxygen atoms in total. The molecular weight excluding hydrogens is 320 g/mol. The van der Waals surface area contributed by atoms with Crippen molar-refractivity contribution in [1.82, 2.24) is 4.90 Å². The molecule has 0 atom stereocenters. The maximum Gasteiger partial charge on any atom is 0.277 e. The number of hydrogen-bond acceptors (Lipinski definition) is 5. The van der Waals surface area contributed by atoms with Gasteiger partial charge < -0.3 is 14.8 Å². The molecule has 25 heavy (non-hydrogen) atoms. The van der Waals surface area contributed by atoms with E-state index in [2.05, 4.69) is 5.32 Å². The lowest BCUT2D eigenvalue weighted by molar-refractivity contribution is -0.137. The maximum atomic E-state index is 12.6. The summed E-state index contributed by atoms with van der Waals surface area (Å²) in [4.78, 5) is 26.0. The van der Waals surface area contributed by atoms with E-state index in [1.54, 1.807) is 25.3 Å². The van der Waals surface area contributed by atoms with Crippen molar-refractivity contribution in [1.29, 1.82) is 0 Å². The first-order valence-corrected chi connectivity index (χ1v) is 7.73. The van der Waals surface area contributed by atoms with Crippen LogP contribution in [0, 0.1) is 0 Å². The van der Waals surface area contributed by atoms with E-state index in [0.717, 1.165) is 5.56 Å². The van der Waals surface area contributed by atoms with E-state index in [1.165, 1.54) is 18.1 Å². The Labute approximate surface area is 145 Å². The summed E-state index contributed by atoms with van der Waals surface area (Å²) in [6.07, 6.45) is 1.30. The molecule has 0 aromatic heterocycles. The van der Waals surface area contributed by atoms with E-state index in [4.69, 9.17) is 9.47 Å². The van der Waals surface area contributed by atoms with E-state index >= 15 is 0 Å². The quantitative estimate of drug-likeness (QED) is 0.820. The molecule has 0 saturated carbocycles. The summed E-state index contributed by atoms with van der Waals surface area (Å²) < 4.78 is 10.5. The fraction of sp³-hybridized carbons (Fsp3) is 0.158. The molecule has 2 amide bonds. The van der Waals surface area contributed by atoms with Gasteiger partial charge in [0.05, 0.1) is 26.5 Å². The van der Waals surface area contributed by atoms with E-state index < -0.39 is 0 Å². The number of hydrogen-bond donors (Lipinski definition) is 1. The zero-order valence-corrected chi connectivity index (χ0v) is 14.0. The van der Waals surface area contributed by atoms with Crippen LogP contribution in [0.1, 0.15) is 5.56 Å². The molecule has 0 unspecified atom stereocenters. The molecule has 0 bridgehead atoms. The largest absolute Gasteiger partial charge is 0.497 e. The molecule has 0 fully saturated rings. The Morgan fingerprint density at radius 2 is 1.76 bits per heavy atom. The fourth-order valence-electron chi connectivity index (χ4n) is 2.57. The lowest BCUT2D eigenvalue weighted by Crippen LogP contribution is -2.31. The van der Waals surface area contributed by atoms with Crippen molar-refractivity contribution in [2.45, 2.75) is 6.54 Å². The predicted octanol–water partition coefficient (Wildman–Crippen LogP) is 2.57. The third kappa shape index (κ3) is 3.47. The van der Waals surface area contributed by atoms with Crippen LogP contribution < -0.4 is 14.8 Å². The SMILES string of the molecule is COc1ccc(OC)c(NC2=CC(=O)N(Cc3ccccc3)C2=O)c1. The molecule has 0 radical (unpaired) electrons. The Balaban J connectivity index is 1.79. The van der Waals surface area contributed by atoms with E-state index in [-0.39, 0.29) is 24.1 Å². The smallest absolute Gasteiger partial charge is 0.277 e. The van der Waals surface area contributed by atoms with Crippen LogP contribution >= 0.6 is 0 Å². The second kappa shape index (κ2) is 7.09. The molecule has 2 aromatic rings. The number of imide groups is 1. The average molecular weight is 338 g/mol. The van der Waals surface area contributed by atoms with Gasteiger partial charge in [0.2, 0.25) is 0 Å². The van der Waals surface area contributed by atoms with Crippen molar-refractivity contribution >= 4 is 17.5 Å². The Morgan fingerprint density at radius 3 is 2.44 bits per heavy atom. The summed E-state index contributed by atoms with van der Waals surface area (Å²) in [5.41, 5.74) is 1.64. The zero-order chi connectivity index (χ0) is 17.8. The number of methoxy groups -OCH3 is 2. The zero-order valence-electron chi connectivity index (χ0n) is 14.0. The van der Waals surface area contributed by atoms with Crippen LogP contribution in [-0.2, 0) is 16.1 Å². The summed E-state index contributed by atoms with van der Waals surface area (Å²) in [5, 5.41) is 2.98. The van der Waals surface area contributed by atoms with Crippen LogP contribution in [0.25, 0.3) is 0 Å². The number of nitrogens with one attached hydrogen (secondary N) is 1. The van der Waals surface area contributed by atoms with Gasteiger partial charge in [-0.2, -0.15) is 0 Å². The Morgan fingerprint density at radius 1 is 1.00 bits per heavy atom. The van der Waals surface area contributed by atoms with E-state index in [1.807, 2.05) is 30.3 Å². The minimum absolute atomic E-state index is 0.201. The third-order valence-electron chi connectivity index (χ3n) is 3.87. The topological polar surface area (TPSA) is 67.9 Å². The van der Waals surface area contributed by atoms with Gasteiger partial charge in [-0.15, -0.1) is 0 Å². The van der Waals surface area contributed by atoms with Gasteiger partial charge in [0.25, 0.3) is 11.8 Å². The summed E-state index contributed by atoms with van der Waals surface area (Å²) in [6.45, 7) is 0.232. The molecule has 3 rings (SSSR count). The first-order valence-electron chi connectivity index (χ1n) is 7.73. The van der Waals surface area contributed by atoms with Gasteiger partial charge in [0, 0.05) is 12.1 Å². The normalized spacial score (nSPS) is 13.7. The highest BCUT2D eigenvalue weighted by molar-refractivity contribution is 6.17. The fourth-order valence-corrected chi connectivity index (χ4v) is 2.57. The summed E-state index contributed by atoms with van der Waals surface area (Å²) in [5.74, 6) is 0.433. The number of benzene rings is 2. The predicted molar refractivity (Wildman–Crippen MR) is 93.3 cm³/mol. The molecule has 0 saturated heterocycles. The first-order chi connectivity index (χ1) is 12.1.